The van der Waals surface area contributed by atoms with Gasteiger partial charge in [-0.15, -0.1) is 0 Å². The van der Waals surface area contributed by atoms with Gasteiger partial charge in [0.05, 0.1) is 29.9 Å². The Bertz CT molecular complexity index is 449. The Labute approximate surface area is 104 Å². The van der Waals surface area contributed by atoms with Gasteiger partial charge in [-0.1, -0.05) is 6.92 Å². The first-order chi connectivity index (χ1) is 8.58. The van der Waals surface area contributed by atoms with Crippen LogP contribution in [0.1, 0.15) is 19.8 Å². The number of carboxylic acids is 1. The van der Waals surface area contributed by atoms with Gasteiger partial charge in [0, 0.05) is 0 Å². The molecule has 96 valence electrons. The average Bonchev–Trinajstić information content (AvgIpc) is 2.73. The summed E-state index contributed by atoms with van der Waals surface area (Å²) in [6.07, 6.45) is 5.50. The SMILES string of the molecule is CC1CC(C(=O)O)C(C(=O)Nc2cncnc2)C1. The van der Waals surface area contributed by atoms with E-state index in [0.29, 0.717) is 18.5 Å². The molecule has 1 heterocycles. The first-order valence-electron chi connectivity index (χ1n) is 5.86. The summed E-state index contributed by atoms with van der Waals surface area (Å²) >= 11 is 0. The van der Waals surface area contributed by atoms with Crippen molar-refractivity contribution in [1.82, 2.24) is 9.97 Å². The van der Waals surface area contributed by atoms with E-state index >= 15 is 0 Å². The summed E-state index contributed by atoms with van der Waals surface area (Å²) in [6.45, 7) is 1.97. The minimum Gasteiger partial charge on any atom is -0.481 e. The van der Waals surface area contributed by atoms with Crippen LogP contribution in [0.4, 0.5) is 5.69 Å². The molecule has 0 bridgehead atoms. The number of carbonyl (C=O) groups excluding carboxylic acids is 1. The summed E-state index contributed by atoms with van der Waals surface area (Å²) < 4.78 is 0. The third-order valence-corrected chi connectivity index (χ3v) is 3.28. The normalized spacial score (nSPS) is 26.8. The van der Waals surface area contributed by atoms with E-state index in [2.05, 4.69) is 15.3 Å². The van der Waals surface area contributed by atoms with Crippen LogP contribution in [0, 0.1) is 17.8 Å². The van der Waals surface area contributed by atoms with E-state index in [9.17, 15) is 9.59 Å². The van der Waals surface area contributed by atoms with Crippen molar-refractivity contribution in [3.8, 4) is 0 Å². The van der Waals surface area contributed by atoms with Crippen LogP contribution in [0.2, 0.25) is 0 Å². The molecular weight excluding hydrogens is 234 g/mol. The molecule has 6 heteroatoms. The minimum atomic E-state index is -0.899. The lowest BCUT2D eigenvalue weighted by Crippen LogP contribution is -2.30. The van der Waals surface area contributed by atoms with Gasteiger partial charge in [-0.05, 0) is 18.8 Å². The standard InChI is InChI=1S/C12H15N3O3/c1-7-2-9(10(3-7)12(17)18)11(16)15-8-4-13-6-14-5-8/h4-7,9-10H,2-3H2,1H3,(H,15,16)(H,17,18). The Morgan fingerprint density at radius 2 is 1.89 bits per heavy atom. The Kier molecular flexibility index (Phi) is 3.55. The molecule has 1 aliphatic carbocycles. The summed E-state index contributed by atoms with van der Waals surface area (Å²) in [7, 11) is 0. The topological polar surface area (TPSA) is 92.2 Å². The molecule has 0 radical (unpaired) electrons. The monoisotopic (exact) mass is 249 g/mol. The fourth-order valence-corrected chi connectivity index (χ4v) is 2.45. The van der Waals surface area contributed by atoms with Crippen LogP contribution < -0.4 is 5.32 Å². The van der Waals surface area contributed by atoms with E-state index < -0.39 is 17.8 Å². The summed E-state index contributed by atoms with van der Waals surface area (Å²) in [4.78, 5) is 30.7. The lowest BCUT2D eigenvalue weighted by atomic mass is 9.95. The Balaban J connectivity index is 2.06. The van der Waals surface area contributed by atoms with Crippen LogP contribution >= 0.6 is 0 Å². The number of rotatable bonds is 3. The molecular formula is C12H15N3O3. The van der Waals surface area contributed by atoms with Gasteiger partial charge >= 0.3 is 5.97 Å². The van der Waals surface area contributed by atoms with E-state index in [0.717, 1.165) is 0 Å². The molecule has 1 aliphatic rings. The number of hydrogen-bond acceptors (Lipinski definition) is 4. The maximum absolute atomic E-state index is 12.0. The second-order valence-corrected chi connectivity index (χ2v) is 4.74. The molecule has 1 aromatic rings. The number of nitrogens with one attached hydrogen (secondary N) is 1. The number of carbonyl (C=O) groups is 2. The molecule has 1 fully saturated rings. The van der Waals surface area contributed by atoms with Crippen molar-refractivity contribution in [3.05, 3.63) is 18.7 Å². The Morgan fingerprint density at radius 1 is 1.28 bits per heavy atom. The molecule has 1 amide bonds. The first kappa shape index (κ1) is 12.5. The zero-order valence-electron chi connectivity index (χ0n) is 10.0. The number of nitrogens with zero attached hydrogens (tertiary/aromatic N) is 2. The van der Waals surface area contributed by atoms with Crippen molar-refractivity contribution in [2.75, 3.05) is 5.32 Å². The number of carboxylic acid groups (broad SMARTS) is 1. The highest BCUT2D eigenvalue weighted by Crippen LogP contribution is 2.37. The lowest BCUT2D eigenvalue weighted by Gasteiger charge is -2.15. The van der Waals surface area contributed by atoms with E-state index in [1.165, 1.54) is 18.7 Å². The van der Waals surface area contributed by atoms with Crippen LogP contribution in [-0.4, -0.2) is 27.0 Å². The first-order valence-corrected chi connectivity index (χ1v) is 5.86. The second kappa shape index (κ2) is 5.12. The molecule has 3 unspecified atom stereocenters. The fraction of sp³-hybridized carbons (Fsp3) is 0.500. The smallest absolute Gasteiger partial charge is 0.307 e. The highest BCUT2D eigenvalue weighted by atomic mass is 16.4. The molecule has 1 aromatic heterocycles. The van der Waals surface area contributed by atoms with Gasteiger partial charge in [0.15, 0.2) is 0 Å². The molecule has 0 saturated heterocycles. The lowest BCUT2D eigenvalue weighted by molar-refractivity contribution is -0.145. The molecule has 1 saturated carbocycles. The van der Waals surface area contributed by atoms with Crippen molar-refractivity contribution >= 4 is 17.6 Å². The predicted molar refractivity (Wildman–Crippen MR) is 63.7 cm³/mol. The molecule has 3 atom stereocenters. The summed E-state index contributed by atoms with van der Waals surface area (Å²) in [5.41, 5.74) is 0.492. The zero-order chi connectivity index (χ0) is 13.1. The highest BCUT2D eigenvalue weighted by Gasteiger charge is 2.41. The van der Waals surface area contributed by atoms with Crippen molar-refractivity contribution in [1.29, 1.82) is 0 Å². The van der Waals surface area contributed by atoms with Gasteiger partial charge in [-0.2, -0.15) is 0 Å². The van der Waals surface area contributed by atoms with Crippen LogP contribution in [0.5, 0.6) is 0 Å². The molecule has 0 aromatic carbocycles. The van der Waals surface area contributed by atoms with Gasteiger partial charge in [-0.25, -0.2) is 9.97 Å². The fourth-order valence-electron chi connectivity index (χ4n) is 2.45. The van der Waals surface area contributed by atoms with Gasteiger partial charge in [0.25, 0.3) is 0 Å². The van der Waals surface area contributed by atoms with Crippen LogP contribution in [0.25, 0.3) is 0 Å². The third-order valence-electron chi connectivity index (χ3n) is 3.28. The van der Waals surface area contributed by atoms with Gasteiger partial charge in [0.1, 0.15) is 6.33 Å². The van der Waals surface area contributed by atoms with Crippen molar-refractivity contribution in [2.24, 2.45) is 17.8 Å². The Morgan fingerprint density at radius 3 is 2.50 bits per heavy atom. The van der Waals surface area contributed by atoms with E-state index in [-0.39, 0.29) is 11.8 Å². The zero-order valence-corrected chi connectivity index (χ0v) is 10.0. The van der Waals surface area contributed by atoms with Gasteiger partial charge in [-0.3, -0.25) is 9.59 Å². The van der Waals surface area contributed by atoms with Gasteiger partial charge < -0.3 is 10.4 Å². The quantitative estimate of drug-likeness (QED) is 0.838. The Hall–Kier alpha value is -1.98. The molecule has 18 heavy (non-hydrogen) atoms. The van der Waals surface area contributed by atoms with Crippen molar-refractivity contribution < 1.29 is 14.7 Å². The maximum atomic E-state index is 12.0. The van der Waals surface area contributed by atoms with E-state index in [1.54, 1.807) is 0 Å². The number of aromatic nitrogens is 2. The van der Waals surface area contributed by atoms with E-state index in [1.807, 2.05) is 6.92 Å². The van der Waals surface area contributed by atoms with E-state index in [4.69, 9.17) is 5.11 Å². The summed E-state index contributed by atoms with van der Waals surface area (Å²) in [5.74, 6) is -1.97. The van der Waals surface area contributed by atoms with Gasteiger partial charge in [0.2, 0.25) is 5.91 Å². The summed E-state index contributed by atoms with van der Waals surface area (Å²) in [6, 6.07) is 0. The average molecular weight is 249 g/mol. The molecule has 0 spiro atoms. The van der Waals surface area contributed by atoms with Crippen LogP contribution in [-0.2, 0) is 9.59 Å². The summed E-state index contributed by atoms with van der Waals surface area (Å²) in [5, 5.41) is 11.8. The van der Waals surface area contributed by atoms with Crippen LogP contribution in [0.3, 0.4) is 0 Å². The van der Waals surface area contributed by atoms with Crippen molar-refractivity contribution in [2.45, 2.75) is 19.8 Å². The second-order valence-electron chi connectivity index (χ2n) is 4.74. The predicted octanol–water partition coefficient (Wildman–Crippen LogP) is 1.16. The number of aliphatic carboxylic acids is 1. The molecule has 2 rings (SSSR count). The van der Waals surface area contributed by atoms with Crippen LogP contribution in [0.15, 0.2) is 18.7 Å². The number of hydrogen-bond donors (Lipinski definition) is 2. The molecule has 6 nitrogen and oxygen atoms in total. The van der Waals surface area contributed by atoms with Crippen molar-refractivity contribution in [3.63, 3.8) is 0 Å². The minimum absolute atomic E-state index is 0.258. The molecule has 0 aliphatic heterocycles. The highest BCUT2D eigenvalue weighted by molar-refractivity contribution is 5.95. The maximum Gasteiger partial charge on any atom is 0.307 e. The number of anilines is 1. The molecule has 2 N–H and O–H groups in total. The largest absolute Gasteiger partial charge is 0.481 e. The third kappa shape index (κ3) is 2.64. The number of amides is 1.